The first-order valence-electron chi connectivity index (χ1n) is 12.1. The number of hydrogen-bond donors (Lipinski definition) is 1. The summed E-state index contributed by atoms with van der Waals surface area (Å²) in [6.45, 7) is 5.06. The van der Waals surface area contributed by atoms with Crippen LogP contribution in [0.25, 0.3) is 5.52 Å². The van der Waals surface area contributed by atoms with Gasteiger partial charge >= 0.3 is 12.1 Å². The molecule has 0 saturated carbocycles. The van der Waals surface area contributed by atoms with Gasteiger partial charge in [0.2, 0.25) is 5.91 Å². The largest absolute Gasteiger partial charge is 0.490 e. The molecule has 202 valence electrons. The van der Waals surface area contributed by atoms with Crippen LogP contribution in [-0.2, 0) is 9.59 Å². The summed E-state index contributed by atoms with van der Waals surface area (Å²) in [5.74, 6) is -1.04. The first kappa shape index (κ1) is 26.9. The number of likely N-dealkylation sites (tertiary alicyclic amines) is 1. The van der Waals surface area contributed by atoms with Crippen molar-refractivity contribution in [1.82, 2.24) is 24.2 Å². The van der Waals surface area contributed by atoms with Gasteiger partial charge < -0.3 is 24.2 Å². The molecule has 0 radical (unpaired) electrons. The number of aliphatic carboxylic acids is 1. The van der Waals surface area contributed by atoms with Gasteiger partial charge in [-0.05, 0) is 37.1 Å². The van der Waals surface area contributed by atoms with Gasteiger partial charge in [-0.3, -0.25) is 9.59 Å². The van der Waals surface area contributed by atoms with E-state index in [0.717, 1.165) is 49.6 Å². The summed E-state index contributed by atoms with van der Waals surface area (Å²) < 4.78 is 33.7. The number of anilines is 1. The molecule has 2 aliphatic rings. The van der Waals surface area contributed by atoms with Crippen LogP contribution in [0.15, 0.2) is 48.8 Å². The summed E-state index contributed by atoms with van der Waals surface area (Å²) in [6.07, 6.45) is 0.456. The van der Waals surface area contributed by atoms with E-state index in [1.54, 1.807) is 13.1 Å². The predicted octanol–water partition coefficient (Wildman–Crippen LogP) is 3.01. The zero-order chi connectivity index (χ0) is 27.4. The highest BCUT2D eigenvalue weighted by atomic mass is 19.4. The third-order valence-corrected chi connectivity index (χ3v) is 6.52. The third kappa shape index (κ3) is 5.71. The molecule has 5 rings (SSSR count). The van der Waals surface area contributed by atoms with Crippen molar-refractivity contribution in [3.63, 3.8) is 0 Å². The molecule has 1 atom stereocenters. The Balaban J connectivity index is 0.000000426. The Labute approximate surface area is 216 Å². The number of pyridine rings is 2. The van der Waals surface area contributed by atoms with Gasteiger partial charge in [0.05, 0.1) is 11.6 Å². The molecular formula is C25H27F3N6O4. The van der Waals surface area contributed by atoms with E-state index in [4.69, 9.17) is 14.9 Å². The van der Waals surface area contributed by atoms with Gasteiger partial charge in [-0.25, -0.2) is 14.8 Å². The van der Waals surface area contributed by atoms with Crippen LogP contribution in [0.1, 0.15) is 42.1 Å². The van der Waals surface area contributed by atoms with Crippen LogP contribution in [0.4, 0.5) is 19.0 Å². The monoisotopic (exact) mass is 532 g/mol. The fourth-order valence-electron chi connectivity index (χ4n) is 4.70. The number of nitrogens with zero attached hydrogens (tertiary/aromatic N) is 6. The number of carboxylic acids is 1. The van der Waals surface area contributed by atoms with E-state index in [1.165, 1.54) is 0 Å². The SMILES string of the molecule is CC(=O)N1CCCC1c1nc(C(=O)N2CCN(c3ccccn3)CC2)c2ccccn12.O=C(O)C(F)(F)F. The average Bonchev–Trinajstić information content (AvgIpc) is 3.54. The van der Waals surface area contributed by atoms with Crippen LogP contribution in [-0.4, -0.2) is 86.0 Å². The molecule has 0 bridgehead atoms. The van der Waals surface area contributed by atoms with Crippen LogP contribution < -0.4 is 4.90 Å². The van der Waals surface area contributed by atoms with Gasteiger partial charge in [0.25, 0.3) is 5.91 Å². The fraction of sp³-hybridized carbons (Fsp3) is 0.400. The lowest BCUT2D eigenvalue weighted by atomic mass is 10.2. The number of amides is 2. The van der Waals surface area contributed by atoms with Crippen molar-refractivity contribution in [3.05, 3.63) is 60.3 Å². The lowest BCUT2D eigenvalue weighted by Gasteiger charge is -2.35. The number of imidazole rings is 1. The Morgan fingerprint density at radius 2 is 1.68 bits per heavy atom. The van der Waals surface area contributed by atoms with E-state index in [2.05, 4.69) is 9.88 Å². The average molecular weight is 533 g/mol. The minimum Gasteiger partial charge on any atom is -0.475 e. The van der Waals surface area contributed by atoms with Gasteiger partial charge in [-0.15, -0.1) is 0 Å². The number of halogens is 3. The highest BCUT2D eigenvalue weighted by Gasteiger charge is 2.38. The van der Waals surface area contributed by atoms with Gasteiger partial charge in [0.15, 0.2) is 5.69 Å². The number of carbonyl (C=O) groups excluding carboxylic acids is 2. The number of piperazine rings is 1. The lowest BCUT2D eigenvalue weighted by Crippen LogP contribution is -2.49. The van der Waals surface area contributed by atoms with Gasteiger partial charge in [0, 0.05) is 52.0 Å². The van der Waals surface area contributed by atoms with Crippen molar-refractivity contribution in [2.24, 2.45) is 0 Å². The molecule has 0 aliphatic carbocycles. The zero-order valence-electron chi connectivity index (χ0n) is 20.6. The molecule has 3 aromatic heterocycles. The topological polar surface area (TPSA) is 111 Å². The minimum atomic E-state index is -5.08. The van der Waals surface area contributed by atoms with Crippen molar-refractivity contribution in [3.8, 4) is 0 Å². The van der Waals surface area contributed by atoms with Crippen molar-refractivity contribution in [2.45, 2.75) is 32.0 Å². The molecule has 2 fully saturated rings. The highest BCUT2D eigenvalue weighted by molar-refractivity contribution is 5.99. The number of rotatable bonds is 3. The van der Waals surface area contributed by atoms with Gasteiger partial charge in [0.1, 0.15) is 11.6 Å². The number of aromatic nitrogens is 3. The first-order chi connectivity index (χ1) is 18.1. The molecule has 13 heteroatoms. The van der Waals surface area contributed by atoms with Crippen molar-refractivity contribution < 1.29 is 32.7 Å². The molecule has 3 aromatic rings. The molecule has 1 N–H and O–H groups in total. The maximum Gasteiger partial charge on any atom is 0.490 e. The molecule has 10 nitrogen and oxygen atoms in total. The molecule has 2 saturated heterocycles. The number of hydrogen-bond acceptors (Lipinski definition) is 6. The molecule has 0 spiro atoms. The second-order valence-electron chi connectivity index (χ2n) is 8.92. The molecule has 2 aliphatic heterocycles. The molecular weight excluding hydrogens is 505 g/mol. The van der Waals surface area contributed by atoms with E-state index in [9.17, 15) is 22.8 Å². The van der Waals surface area contributed by atoms with Crippen LogP contribution >= 0.6 is 0 Å². The summed E-state index contributed by atoms with van der Waals surface area (Å²) in [5.41, 5.74) is 1.27. The molecule has 38 heavy (non-hydrogen) atoms. The third-order valence-electron chi connectivity index (χ3n) is 6.52. The Hall–Kier alpha value is -4.16. The lowest BCUT2D eigenvalue weighted by molar-refractivity contribution is -0.192. The standard InChI is InChI=1S/C23H26N6O2.C2HF3O2/c1-17(30)28-12-6-8-19(28)22-25-21(18-7-3-5-11-29(18)22)23(31)27-15-13-26(14-16-27)20-9-2-4-10-24-20;3-2(4,5)1(6)7/h2-5,7,9-11,19H,6,8,12-16H2,1H3;(H,6,7). The maximum absolute atomic E-state index is 13.4. The van der Waals surface area contributed by atoms with E-state index in [-0.39, 0.29) is 17.9 Å². The fourth-order valence-corrected chi connectivity index (χ4v) is 4.70. The number of carbonyl (C=O) groups is 3. The van der Waals surface area contributed by atoms with E-state index in [1.807, 2.05) is 56.8 Å². The normalized spacial score (nSPS) is 17.8. The molecule has 2 amide bonds. The minimum absolute atomic E-state index is 0.0497. The summed E-state index contributed by atoms with van der Waals surface area (Å²) in [7, 11) is 0. The first-order valence-corrected chi connectivity index (χ1v) is 12.1. The van der Waals surface area contributed by atoms with E-state index >= 15 is 0 Å². The smallest absolute Gasteiger partial charge is 0.475 e. The number of alkyl halides is 3. The van der Waals surface area contributed by atoms with E-state index < -0.39 is 12.1 Å². The summed E-state index contributed by atoms with van der Waals surface area (Å²) in [5, 5.41) is 7.12. The van der Waals surface area contributed by atoms with Crippen molar-refractivity contribution in [2.75, 3.05) is 37.6 Å². The second-order valence-corrected chi connectivity index (χ2v) is 8.92. The predicted molar refractivity (Wildman–Crippen MR) is 131 cm³/mol. The number of fused-ring (bicyclic) bond motifs is 1. The summed E-state index contributed by atoms with van der Waals surface area (Å²) in [6, 6.07) is 11.6. The van der Waals surface area contributed by atoms with Gasteiger partial charge in [-0.2, -0.15) is 13.2 Å². The maximum atomic E-state index is 13.4. The Kier molecular flexibility index (Phi) is 7.83. The molecule has 0 aromatic carbocycles. The summed E-state index contributed by atoms with van der Waals surface area (Å²) in [4.78, 5) is 49.6. The second kappa shape index (κ2) is 11.1. The zero-order valence-corrected chi connectivity index (χ0v) is 20.6. The van der Waals surface area contributed by atoms with Crippen molar-refractivity contribution in [1.29, 1.82) is 0 Å². The molecule has 5 heterocycles. The van der Waals surface area contributed by atoms with Gasteiger partial charge in [-0.1, -0.05) is 12.1 Å². The highest BCUT2D eigenvalue weighted by Crippen LogP contribution is 2.33. The van der Waals surface area contributed by atoms with Crippen LogP contribution in [0, 0.1) is 0 Å². The van der Waals surface area contributed by atoms with Crippen LogP contribution in [0.5, 0.6) is 0 Å². The Morgan fingerprint density at radius 1 is 1.00 bits per heavy atom. The quantitative estimate of drug-likeness (QED) is 0.552. The van der Waals surface area contributed by atoms with E-state index in [0.29, 0.717) is 18.8 Å². The summed E-state index contributed by atoms with van der Waals surface area (Å²) >= 11 is 0. The van der Waals surface area contributed by atoms with Crippen LogP contribution in [0.2, 0.25) is 0 Å². The Morgan fingerprint density at radius 3 is 2.29 bits per heavy atom. The van der Waals surface area contributed by atoms with Crippen molar-refractivity contribution >= 4 is 29.1 Å². The van der Waals surface area contributed by atoms with Crippen LogP contribution in [0.3, 0.4) is 0 Å². The number of carboxylic acid groups (broad SMARTS) is 1. The molecule has 1 unspecified atom stereocenters. The Bertz CT molecular complexity index is 1310.